The smallest absolute Gasteiger partial charge is 0.414 e. The molecule has 2 unspecified atom stereocenters. The van der Waals surface area contributed by atoms with Crippen LogP contribution in [-0.2, 0) is 22.7 Å². The Hall–Kier alpha value is -1.60. The molecule has 4 heteroatoms. The van der Waals surface area contributed by atoms with Crippen molar-refractivity contribution in [1.82, 2.24) is 0 Å². The molecule has 0 aromatic heterocycles. The zero-order chi connectivity index (χ0) is 25.8. The summed E-state index contributed by atoms with van der Waals surface area (Å²) >= 11 is 0. The van der Waals surface area contributed by atoms with E-state index in [9.17, 15) is 0 Å². The molecule has 2 nitrogen and oxygen atoms in total. The fourth-order valence-corrected chi connectivity index (χ4v) is 5.41. The van der Waals surface area contributed by atoms with Crippen molar-refractivity contribution < 1.29 is 13.2 Å². The summed E-state index contributed by atoms with van der Waals surface area (Å²) < 4.78 is 27.6. The van der Waals surface area contributed by atoms with Gasteiger partial charge in [-0.15, -0.1) is 4.20 Å². The lowest BCUT2D eigenvalue weighted by molar-refractivity contribution is 0.405. The maximum atomic E-state index is 15.5. The van der Waals surface area contributed by atoms with E-state index in [0.717, 1.165) is 28.7 Å². The van der Waals surface area contributed by atoms with Crippen molar-refractivity contribution in [1.29, 1.82) is 0 Å². The van der Waals surface area contributed by atoms with Gasteiger partial charge in [-0.2, -0.15) is 0 Å². The van der Waals surface area contributed by atoms with Crippen LogP contribution in [0.2, 0.25) is 0 Å². The normalized spacial score (nSPS) is 19.0. The Morgan fingerprint density at radius 1 is 0.765 bits per heavy atom. The first-order valence-corrected chi connectivity index (χ1v) is 13.6. The molecule has 0 saturated carbocycles. The van der Waals surface area contributed by atoms with E-state index in [0.29, 0.717) is 17.4 Å². The minimum Gasteiger partial charge on any atom is -0.414 e. The van der Waals surface area contributed by atoms with Crippen LogP contribution in [0.4, 0.5) is 4.20 Å². The molecule has 2 aromatic rings. The molecule has 0 bridgehead atoms. The van der Waals surface area contributed by atoms with E-state index < -0.39 is 8.69 Å². The standard InChI is InChI=1S/C30H44FO2P/c1-18(2)13-20-14-22-19(3)23-16-21(28(4,5)6)17-25(30(10,11)12)27(23)33-34(31)32-26(22)24(15-20)29(7,8)9/h14-19H,13H2,1-12H3. The third-order valence-electron chi connectivity index (χ3n) is 6.68. The number of benzene rings is 2. The van der Waals surface area contributed by atoms with Crippen LogP contribution in [0, 0.1) is 5.92 Å². The molecule has 0 radical (unpaired) electrons. The van der Waals surface area contributed by atoms with Gasteiger partial charge in [0.2, 0.25) is 0 Å². The maximum Gasteiger partial charge on any atom is 0.505 e. The van der Waals surface area contributed by atoms with Gasteiger partial charge in [0.25, 0.3) is 0 Å². The number of hydrogen-bond acceptors (Lipinski definition) is 2. The van der Waals surface area contributed by atoms with Crippen molar-refractivity contribution in [2.24, 2.45) is 5.92 Å². The van der Waals surface area contributed by atoms with Crippen LogP contribution in [0.3, 0.4) is 0 Å². The molecule has 0 fully saturated rings. The van der Waals surface area contributed by atoms with E-state index >= 15 is 4.20 Å². The van der Waals surface area contributed by atoms with E-state index in [1.165, 1.54) is 11.1 Å². The van der Waals surface area contributed by atoms with Crippen LogP contribution >= 0.6 is 8.69 Å². The fourth-order valence-electron chi connectivity index (χ4n) is 4.68. The second-order valence-corrected chi connectivity index (χ2v) is 14.3. The zero-order valence-corrected chi connectivity index (χ0v) is 24.2. The highest BCUT2D eigenvalue weighted by molar-refractivity contribution is 7.42. The van der Waals surface area contributed by atoms with Crippen molar-refractivity contribution in [2.45, 2.75) is 112 Å². The summed E-state index contributed by atoms with van der Waals surface area (Å²) in [4.78, 5) is 0. The Morgan fingerprint density at radius 2 is 1.24 bits per heavy atom. The molecule has 1 aliphatic rings. The predicted octanol–water partition coefficient (Wildman–Crippen LogP) is 9.90. The van der Waals surface area contributed by atoms with Gasteiger partial charge in [0.1, 0.15) is 11.5 Å². The van der Waals surface area contributed by atoms with Crippen LogP contribution in [0.1, 0.15) is 122 Å². The molecule has 0 N–H and O–H groups in total. The van der Waals surface area contributed by atoms with Gasteiger partial charge in [-0.25, -0.2) is 0 Å². The lowest BCUT2D eigenvalue weighted by Crippen LogP contribution is -2.21. The average Bonchev–Trinajstić information content (AvgIpc) is 2.64. The highest BCUT2D eigenvalue weighted by Crippen LogP contribution is 2.55. The molecule has 2 aromatic carbocycles. The minimum absolute atomic E-state index is 0.00492. The average molecular weight is 487 g/mol. The summed E-state index contributed by atoms with van der Waals surface area (Å²) in [5.74, 6) is 1.85. The largest absolute Gasteiger partial charge is 0.505 e. The number of hydrogen-bond donors (Lipinski definition) is 0. The molecule has 1 aliphatic heterocycles. The Kier molecular flexibility index (Phi) is 7.24. The van der Waals surface area contributed by atoms with Crippen molar-refractivity contribution in [3.63, 3.8) is 0 Å². The van der Waals surface area contributed by atoms with E-state index in [2.05, 4.69) is 107 Å². The van der Waals surface area contributed by atoms with E-state index in [1.54, 1.807) is 0 Å². The molecule has 2 atom stereocenters. The molecule has 34 heavy (non-hydrogen) atoms. The third kappa shape index (κ3) is 5.62. The van der Waals surface area contributed by atoms with Crippen molar-refractivity contribution >= 4 is 8.69 Å². The van der Waals surface area contributed by atoms with Gasteiger partial charge in [-0.05, 0) is 39.7 Å². The topological polar surface area (TPSA) is 18.5 Å². The van der Waals surface area contributed by atoms with Gasteiger partial charge >= 0.3 is 8.69 Å². The van der Waals surface area contributed by atoms with Gasteiger partial charge in [0.15, 0.2) is 0 Å². The molecule has 1 heterocycles. The summed E-state index contributed by atoms with van der Waals surface area (Å²) in [7, 11) is -2.62. The number of rotatable bonds is 2. The quantitative estimate of drug-likeness (QED) is 0.393. The predicted molar refractivity (Wildman–Crippen MR) is 144 cm³/mol. The van der Waals surface area contributed by atoms with Gasteiger partial charge in [0, 0.05) is 28.2 Å². The van der Waals surface area contributed by atoms with Crippen molar-refractivity contribution in [3.8, 4) is 11.5 Å². The molecule has 3 rings (SSSR count). The van der Waals surface area contributed by atoms with Gasteiger partial charge in [0.05, 0.1) is 0 Å². The fraction of sp³-hybridized carbons (Fsp3) is 0.600. The first kappa shape index (κ1) is 27.0. The Morgan fingerprint density at radius 3 is 1.68 bits per heavy atom. The van der Waals surface area contributed by atoms with Crippen LogP contribution < -0.4 is 9.05 Å². The lowest BCUT2D eigenvalue weighted by Gasteiger charge is -2.34. The summed E-state index contributed by atoms with van der Waals surface area (Å²) in [5.41, 5.74) is 6.31. The Labute approximate surface area is 208 Å². The van der Waals surface area contributed by atoms with Crippen LogP contribution in [0.15, 0.2) is 24.3 Å². The van der Waals surface area contributed by atoms with Crippen LogP contribution in [0.5, 0.6) is 11.5 Å². The monoisotopic (exact) mass is 486 g/mol. The van der Waals surface area contributed by atoms with E-state index in [1.807, 2.05) is 0 Å². The van der Waals surface area contributed by atoms with Gasteiger partial charge in [-0.3, -0.25) is 0 Å². The third-order valence-corrected chi connectivity index (χ3v) is 7.33. The first-order chi connectivity index (χ1) is 15.4. The molecule has 0 aliphatic carbocycles. The molecule has 0 saturated heterocycles. The van der Waals surface area contributed by atoms with Crippen LogP contribution in [-0.4, -0.2) is 0 Å². The van der Waals surface area contributed by atoms with Crippen molar-refractivity contribution in [2.75, 3.05) is 0 Å². The highest BCUT2D eigenvalue weighted by Gasteiger charge is 2.36. The molecule has 0 amide bonds. The summed E-state index contributed by atoms with van der Waals surface area (Å²) in [6, 6.07) is 8.89. The zero-order valence-electron chi connectivity index (χ0n) is 23.3. The molecular formula is C30H44FO2P. The maximum absolute atomic E-state index is 15.5. The van der Waals surface area contributed by atoms with Gasteiger partial charge < -0.3 is 9.05 Å². The second kappa shape index (κ2) is 9.12. The Bertz CT molecular complexity index is 1050. The Balaban J connectivity index is 2.39. The highest BCUT2D eigenvalue weighted by atomic mass is 31.2. The van der Waals surface area contributed by atoms with E-state index in [4.69, 9.17) is 9.05 Å². The molecule has 188 valence electrons. The lowest BCUT2D eigenvalue weighted by atomic mass is 9.75. The van der Waals surface area contributed by atoms with Gasteiger partial charge in [-0.1, -0.05) is 107 Å². The second-order valence-electron chi connectivity index (χ2n) is 13.5. The summed E-state index contributed by atoms with van der Waals surface area (Å²) in [5, 5.41) is 0. The van der Waals surface area contributed by atoms with Crippen molar-refractivity contribution in [3.05, 3.63) is 57.6 Å². The first-order valence-electron chi connectivity index (χ1n) is 12.6. The van der Waals surface area contributed by atoms with Crippen LogP contribution in [0.25, 0.3) is 0 Å². The van der Waals surface area contributed by atoms with E-state index in [-0.39, 0.29) is 22.2 Å². The summed E-state index contributed by atoms with van der Waals surface area (Å²) in [6.07, 6.45) is 0.978. The summed E-state index contributed by atoms with van der Waals surface area (Å²) in [6.45, 7) is 26.4. The number of halogens is 1. The minimum atomic E-state index is -2.62. The SMILES string of the molecule is CC(C)Cc1cc2c(c(C(C)(C)C)c1)OP(F)Oc1c(cc(C(C)(C)C)cc1C(C)(C)C)C2C. The number of fused-ring (bicyclic) bond motifs is 2. The molecular weight excluding hydrogens is 442 g/mol. The molecule has 0 spiro atoms.